The maximum atomic E-state index is 13.2. The molecule has 0 aliphatic heterocycles. The van der Waals surface area contributed by atoms with Crippen LogP contribution in [0.25, 0.3) is 6.08 Å². The van der Waals surface area contributed by atoms with Crippen LogP contribution in [0.1, 0.15) is 39.0 Å². The smallest absolute Gasteiger partial charge is 0.328 e. The maximum Gasteiger partial charge on any atom is 0.328 e. The Balaban J connectivity index is 1.17. The first-order valence-electron chi connectivity index (χ1n) is 16.2. The van der Waals surface area contributed by atoms with Crippen molar-refractivity contribution in [2.24, 2.45) is 0 Å². The Hall–Kier alpha value is -6.02. The molecule has 0 saturated carbocycles. The highest BCUT2D eigenvalue weighted by atomic mass is 16.5. The van der Waals surface area contributed by atoms with Gasteiger partial charge < -0.3 is 19.7 Å². The van der Waals surface area contributed by atoms with E-state index >= 15 is 0 Å². The Labute approximate surface area is 287 Å². The van der Waals surface area contributed by atoms with Gasteiger partial charge in [-0.3, -0.25) is 14.6 Å². The van der Waals surface area contributed by atoms with Gasteiger partial charge in [-0.2, -0.15) is 0 Å². The molecule has 0 aliphatic rings. The number of ketones is 1. The van der Waals surface area contributed by atoms with Crippen molar-refractivity contribution in [3.05, 3.63) is 168 Å². The fraction of sp³-hybridized carbons (Fsp3) is 0.171. The van der Waals surface area contributed by atoms with Crippen LogP contribution in [0.3, 0.4) is 0 Å². The third kappa shape index (κ3) is 10.2. The Morgan fingerprint density at radius 3 is 2.24 bits per heavy atom. The lowest BCUT2D eigenvalue weighted by Crippen LogP contribution is -2.33. The van der Waals surface area contributed by atoms with Crippen molar-refractivity contribution in [2.45, 2.75) is 25.4 Å². The molecule has 1 amide bonds. The number of hydrogen-bond donors (Lipinski definition) is 1. The fourth-order valence-corrected chi connectivity index (χ4v) is 5.30. The van der Waals surface area contributed by atoms with Gasteiger partial charge in [0, 0.05) is 54.8 Å². The minimum Gasteiger partial charge on any atom is -0.494 e. The molecule has 0 radical (unpaired) electrons. The molecule has 1 aromatic heterocycles. The van der Waals surface area contributed by atoms with E-state index in [-0.39, 0.29) is 11.7 Å². The summed E-state index contributed by atoms with van der Waals surface area (Å²) in [4.78, 5) is 45.1. The number of carbonyl (C=O) groups excluding carboxylic acids is 3. The van der Waals surface area contributed by atoms with Crippen LogP contribution in [0.2, 0.25) is 0 Å². The summed E-state index contributed by atoms with van der Waals surface area (Å²) in [6.45, 7) is 1.43. The molecular weight excluding hydrogens is 614 g/mol. The molecule has 0 unspecified atom stereocenters. The van der Waals surface area contributed by atoms with E-state index in [9.17, 15) is 14.4 Å². The van der Waals surface area contributed by atoms with E-state index in [2.05, 4.69) is 10.3 Å². The molecule has 0 bridgehead atoms. The lowest BCUT2D eigenvalue weighted by molar-refractivity contribution is -0.141. The second-order valence-corrected chi connectivity index (χ2v) is 11.4. The van der Waals surface area contributed by atoms with Crippen molar-refractivity contribution < 1.29 is 23.9 Å². The molecule has 0 aliphatic carbocycles. The summed E-state index contributed by atoms with van der Waals surface area (Å²) in [7, 11) is 1.35. The quantitative estimate of drug-likeness (QED) is 0.0529. The van der Waals surface area contributed by atoms with Gasteiger partial charge in [0.05, 0.1) is 13.7 Å². The number of aromatic nitrogens is 1. The summed E-state index contributed by atoms with van der Waals surface area (Å²) in [6, 6.07) is 36.6. The summed E-state index contributed by atoms with van der Waals surface area (Å²) in [5.74, 6) is 0.0233. The standard InChI is InChI=1S/C41H39N3O5/c1-48-41(47)38(43-37-18-9-8-17-36(37)40(46)34-15-6-3-7-16-34)28-31-19-22-35(23-20-31)49-27-11-26-44(30-33-12-4-2-5-13-33)39(45)24-21-32-14-10-25-42-29-32/h2-10,12-25,29,38,43H,11,26-28,30H2,1H3/t38-/m0/s1. The number of ether oxygens (including phenoxy) is 2. The molecule has 49 heavy (non-hydrogen) atoms. The Bertz CT molecular complexity index is 1830. The van der Waals surface area contributed by atoms with E-state index in [4.69, 9.17) is 9.47 Å². The molecule has 0 saturated heterocycles. The molecule has 1 N–H and O–H groups in total. The Kier molecular flexibility index (Phi) is 12.4. The lowest BCUT2D eigenvalue weighted by atomic mass is 10.00. The van der Waals surface area contributed by atoms with Crippen LogP contribution in [0, 0.1) is 0 Å². The van der Waals surface area contributed by atoms with E-state index in [0.29, 0.717) is 55.1 Å². The first-order chi connectivity index (χ1) is 24.0. The molecule has 1 atom stereocenters. The van der Waals surface area contributed by atoms with Gasteiger partial charge in [-0.15, -0.1) is 0 Å². The number of benzene rings is 4. The van der Waals surface area contributed by atoms with Gasteiger partial charge >= 0.3 is 5.97 Å². The number of methoxy groups -OCH3 is 1. The number of anilines is 1. The van der Waals surface area contributed by atoms with E-state index in [1.165, 1.54) is 7.11 Å². The van der Waals surface area contributed by atoms with Crippen molar-refractivity contribution in [1.82, 2.24) is 9.88 Å². The van der Waals surface area contributed by atoms with Crippen LogP contribution >= 0.6 is 0 Å². The molecule has 8 heteroatoms. The summed E-state index contributed by atoms with van der Waals surface area (Å²) in [5.41, 5.74) is 4.39. The minimum atomic E-state index is -0.721. The normalized spacial score (nSPS) is 11.4. The zero-order valence-electron chi connectivity index (χ0n) is 27.4. The second kappa shape index (κ2) is 17.8. The van der Waals surface area contributed by atoms with Crippen LogP contribution in [0.5, 0.6) is 5.75 Å². The van der Waals surface area contributed by atoms with Gasteiger partial charge in [0.15, 0.2) is 5.78 Å². The average molecular weight is 654 g/mol. The number of para-hydroxylation sites is 1. The Morgan fingerprint density at radius 1 is 0.816 bits per heavy atom. The molecule has 0 fully saturated rings. The van der Waals surface area contributed by atoms with Gasteiger partial charge in [-0.05, 0) is 59.5 Å². The van der Waals surface area contributed by atoms with Crippen molar-refractivity contribution in [2.75, 3.05) is 25.6 Å². The van der Waals surface area contributed by atoms with Gasteiger partial charge in [-0.1, -0.05) is 91.0 Å². The average Bonchev–Trinajstić information content (AvgIpc) is 3.16. The van der Waals surface area contributed by atoms with Gasteiger partial charge in [-0.25, -0.2) is 4.79 Å². The van der Waals surface area contributed by atoms with Crippen molar-refractivity contribution in [1.29, 1.82) is 0 Å². The summed E-state index contributed by atoms with van der Waals surface area (Å²) in [5, 5.41) is 3.24. The molecule has 1 heterocycles. The lowest BCUT2D eigenvalue weighted by Gasteiger charge is -2.22. The van der Waals surface area contributed by atoms with Crippen LogP contribution in [-0.4, -0.2) is 53.8 Å². The predicted molar refractivity (Wildman–Crippen MR) is 191 cm³/mol. The number of pyridine rings is 1. The van der Waals surface area contributed by atoms with Gasteiger partial charge in [0.2, 0.25) is 5.91 Å². The van der Waals surface area contributed by atoms with Crippen molar-refractivity contribution in [3.63, 3.8) is 0 Å². The first-order valence-corrected chi connectivity index (χ1v) is 16.2. The number of nitrogens with zero attached hydrogens (tertiary/aromatic N) is 2. The summed E-state index contributed by atoms with van der Waals surface area (Å²) >= 11 is 0. The number of esters is 1. The molecule has 8 nitrogen and oxygen atoms in total. The van der Waals surface area contributed by atoms with E-state index < -0.39 is 12.0 Å². The zero-order chi connectivity index (χ0) is 34.3. The van der Waals surface area contributed by atoms with Crippen LogP contribution in [0.15, 0.2) is 140 Å². The molecule has 4 aromatic carbocycles. The maximum absolute atomic E-state index is 13.2. The van der Waals surface area contributed by atoms with Crippen LogP contribution < -0.4 is 10.1 Å². The van der Waals surface area contributed by atoms with Gasteiger partial charge in [0.1, 0.15) is 11.8 Å². The van der Waals surface area contributed by atoms with E-state index in [1.807, 2.05) is 91.0 Å². The Morgan fingerprint density at radius 2 is 1.53 bits per heavy atom. The van der Waals surface area contributed by atoms with Crippen molar-refractivity contribution >= 4 is 29.4 Å². The highest BCUT2D eigenvalue weighted by Crippen LogP contribution is 2.22. The third-order valence-corrected chi connectivity index (χ3v) is 7.86. The van der Waals surface area contributed by atoms with Crippen LogP contribution in [-0.2, 0) is 27.3 Å². The number of amides is 1. The summed E-state index contributed by atoms with van der Waals surface area (Å²) in [6.07, 6.45) is 7.74. The highest BCUT2D eigenvalue weighted by molar-refractivity contribution is 6.12. The monoisotopic (exact) mass is 653 g/mol. The number of nitrogens with one attached hydrogen (secondary N) is 1. The minimum absolute atomic E-state index is 0.0853. The third-order valence-electron chi connectivity index (χ3n) is 7.86. The predicted octanol–water partition coefficient (Wildman–Crippen LogP) is 7.02. The SMILES string of the molecule is COC(=O)[C@H](Cc1ccc(OCCCN(Cc2ccccc2)C(=O)C=Cc2cccnc2)cc1)Nc1ccccc1C(=O)c1ccccc1. The summed E-state index contributed by atoms with van der Waals surface area (Å²) < 4.78 is 11.1. The molecule has 248 valence electrons. The van der Waals surface area contributed by atoms with E-state index in [0.717, 1.165) is 16.7 Å². The van der Waals surface area contributed by atoms with E-state index in [1.54, 1.807) is 59.8 Å². The fourth-order valence-electron chi connectivity index (χ4n) is 5.30. The molecule has 5 rings (SSSR count). The number of rotatable bonds is 16. The van der Waals surface area contributed by atoms with Crippen LogP contribution in [0.4, 0.5) is 5.69 Å². The largest absolute Gasteiger partial charge is 0.494 e. The molecule has 5 aromatic rings. The topological polar surface area (TPSA) is 97.8 Å². The second-order valence-electron chi connectivity index (χ2n) is 11.4. The molecular formula is C41H39N3O5. The number of hydrogen-bond acceptors (Lipinski definition) is 7. The zero-order valence-corrected chi connectivity index (χ0v) is 27.4. The first kappa shape index (κ1) is 34.3. The highest BCUT2D eigenvalue weighted by Gasteiger charge is 2.23. The van der Waals surface area contributed by atoms with Gasteiger partial charge in [0.25, 0.3) is 0 Å². The molecule has 0 spiro atoms. The van der Waals surface area contributed by atoms with Crippen molar-refractivity contribution in [3.8, 4) is 5.75 Å². The number of carbonyl (C=O) groups is 3.